The summed E-state index contributed by atoms with van der Waals surface area (Å²) in [7, 11) is 0. The molecule has 0 aliphatic carbocycles. The van der Waals surface area contributed by atoms with Gasteiger partial charge in [0, 0.05) is 25.7 Å². The molecule has 0 radical (unpaired) electrons. The summed E-state index contributed by atoms with van der Waals surface area (Å²) in [6.45, 7) is 7.59. The Morgan fingerprint density at radius 2 is 2.09 bits per heavy atom. The summed E-state index contributed by atoms with van der Waals surface area (Å²) in [4.78, 5) is 2.27. The Kier molecular flexibility index (Phi) is 7.33. The lowest BCUT2D eigenvalue weighted by atomic mass is 10.1. The lowest BCUT2D eigenvalue weighted by Crippen LogP contribution is -2.39. The van der Waals surface area contributed by atoms with Crippen molar-refractivity contribution in [3.63, 3.8) is 0 Å². The van der Waals surface area contributed by atoms with E-state index in [2.05, 4.69) is 43.0 Å². The predicted molar refractivity (Wildman–Crippen MR) is 87.8 cm³/mol. The van der Waals surface area contributed by atoms with Crippen molar-refractivity contribution in [3.8, 4) is 0 Å². The first-order valence-corrected chi connectivity index (χ1v) is 8.30. The first kappa shape index (κ1) is 17.4. The fourth-order valence-corrected chi connectivity index (χ4v) is 2.71. The molecule has 4 nitrogen and oxygen atoms in total. The number of benzene rings is 1. The molecule has 1 aliphatic rings. The van der Waals surface area contributed by atoms with E-state index in [-0.39, 0.29) is 6.10 Å². The fraction of sp³-hybridized carbons (Fsp3) is 0.667. The molecule has 124 valence electrons. The third-order valence-corrected chi connectivity index (χ3v) is 4.04. The highest BCUT2D eigenvalue weighted by atomic mass is 16.5. The molecular weight excluding hydrogens is 278 g/mol. The van der Waals surface area contributed by atoms with Gasteiger partial charge in [-0.2, -0.15) is 0 Å². The highest BCUT2D eigenvalue weighted by molar-refractivity contribution is 5.14. The van der Waals surface area contributed by atoms with Crippen LogP contribution in [0.4, 0.5) is 0 Å². The summed E-state index contributed by atoms with van der Waals surface area (Å²) in [5.74, 6) is 0. The van der Waals surface area contributed by atoms with Crippen LogP contribution in [-0.2, 0) is 16.0 Å². The van der Waals surface area contributed by atoms with Crippen molar-refractivity contribution in [3.05, 3.63) is 35.9 Å². The minimum absolute atomic E-state index is 0.220. The van der Waals surface area contributed by atoms with Crippen LogP contribution in [0.3, 0.4) is 0 Å². The molecule has 2 unspecified atom stereocenters. The number of hydrogen-bond acceptors (Lipinski definition) is 4. The van der Waals surface area contributed by atoms with E-state index in [9.17, 15) is 5.11 Å². The van der Waals surface area contributed by atoms with Crippen LogP contribution in [0, 0.1) is 0 Å². The summed E-state index contributed by atoms with van der Waals surface area (Å²) in [6, 6.07) is 10.7. The standard InChI is InChI=1S/C18H29NO3/c1-15(2)19(11-16-7-4-3-5-8-16)12-17(20)13-21-14-18-9-6-10-22-18/h3-5,7-8,15,17-18,20H,6,9-14H2,1-2H3. The highest BCUT2D eigenvalue weighted by Gasteiger charge is 2.18. The normalized spacial score (nSPS) is 20.0. The van der Waals surface area contributed by atoms with Crippen molar-refractivity contribution in [2.24, 2.45) is 0 Å². The third kappa shape index (κ3) is 6.05. The molecule has 0 aromatic heterocycles. The van der Waals surface area contributed by atoms with Gasteiger partial charge in [-0.3, -0.25) is 4.90 Å². The largest absolute Gasteiger partial charge is 0.389 e. The van der Waals surface area contributed by atoms with Gasteiger partial charge in [0.1, 0.15) is 0 Å². The van der Waals surface area contributed by atoms with Gasteiger partial charge in [0.15, 0.2) is 0 Å². The van der Waals surface area contributed by atoms with Crippen LogP contribution in [-0.4, -0.2) is 54.6 Å². The molecule has 4 heteroatoms. The van der Waals surface area contributed by atoms with Gasteiger partial charge in [-0.25, -0.2) is 0 Å². The minimum Gasteiger partial charge on any atom is -0.389 e. The molecule has 1 fully saturated rings. The molecule has 1 aromatic rings. The van der Waals surface area contributed by atoms with Gasteiger partial charge < -0.3 is 14.6 Å². The smallest absolute Gasteiger partial charge is 0.0900 e. The van der Waals surface area contributed by atoms with Crippen molar-refractivity contribution in [1.82, 2.24) is 4.90 Å². The third-order valence-electron chi connectivity index (χ3n) is 4.04. The molecule has 0 amide bonds. The van der Waals surface area contributed by atoms with E-state index in [0.717, 1.165) is 26.0 Å². The zero-order valence-corrected chi connectivity index (χ0v) is 13.8. The monoisotopic (exact) mass is 307 g/mol. The maximum atomic E-state index is 10.2. The SMILES string of the molecule is CC(C)N(Cc1ccccc1)CC(O)COCC1CCCO1. The summed E-state index contributed by atoms with van der Waals surface area (Å²) in [6.07, 6.45) is 1.95. The molecule has 1 aliphatic heterocycles. The van der Waals surface area contributed by atoms with Crippen LogP contribution < -0.4 is 0 Å². The molecule has 22 heavy (non-hydrogen) atoms. The van der Waals surface area contributed by atoms with Crippen molar-refractivity contribution >= 4 is 0 Å². The van der Waals surface area contributed by atoms with Crippen LogP contribution in [0.5, 0.6) is 0 Å². The van der Waals surface area contributed by atoms with Crippen LogP contribution in [0.1, 0.15) is 32.3 Å². The van der Waals surface area contributed by atoms with E-state index in [1.165, 1.54) is 5.56 Å². The molecule has 1 aromatic carbocycles. The molecular formula is C18H29NO3. The fourth-order valence-electron chi connectivity index (χ4n) is 2.71. The van der Waals surface area contributed by atoms with E-state index in [1.54, 1.807) is 0 Å². The van der Waals surface area contributed by atoms with Gasteiger partial charge in [-0.05, 0) is 32.3 Å². The van der Waals surface area contributed by atoms with Gasteiger partial charge in [0.25, 0.3) is 0 Å². The van der Waals surface area contributed by atoms with E-state index >= 15 is 0 Å². The lowest BCUT2D eigenvalue weighted by Gasteiger charge is -2.29. The molecule has 2 atom stereocenters. The molecule has 0 bridgehead atoms. The number of ether oxygens (including phenoxy) is 2. The zero-order chi connectivity index (χ0) is 15.8. The van der Waals surface area contributed by atoms with Crippen LogP contribution >= 0.6 is 0 Å². The Morgan fingerprint density at radius 3 is 2.73 bits per heavy atom. The maximum Gasteiger partial charge on any atom is 0.0900 e. The first-order valence-electron chi connectivity index (χ1n) is 8.30. The van der Waals surface area contributed by atoms with Crippen LogP contribution in [0.15, 0.2) is 30.3 Å². The van der Waals surface area contributed by atoms with Crippen molar-refractivity contribution in [2.45, 2.75) is 51.5 Å². The summed E-state index contributed by atoms with van der Waals surface area (Å²) in [5, 5.41) is 10.2. The van der Waals surface area contributed by atoms with Crippen LogP contribution in [0.2, 0.25) is 0 Å². The number of aliphatic hydroxyl groups is 1. The molecule has 1 heterocycles. The van der Waals surface area contributed by atoms with E-state index in [4.69, 9.17) is 9.47 Å². The molecule has 2 rings (SSSR count). The second kappa shape index (κ2) is 9.26. The molecule has 1 saturated heterocycles. The number of nitrogens with zero attached hydrogens (tertiary/aromatic N) is 1. The topological polar surface area (TPSA) is 41.9 Å². The van der Waals surface area contributed by atoms with Crippen molar-refractivity contribution < 1.29 is 14.6 Å². The number of hydrogen-bond donors (Lipinski definition) is 1. The highest BCUT2D eigenvalue weighted by Crippen LogP contribution is 2.12. The summed E-state index contributed by atoms with van der Waals surface area (Å²) in [5.41, 5.74) is 1.27. The second-order valence-corrected chi connectivity index (χ2v) is 6.34. The van der Waals surface area contributed by atoms with Crippen LogP contribution in [0.25, 0.3) is 0 Å². The Morgan fingerprint density at radius 1 is 1.32 bits per heavy atom. The van der Waals surface area contributed by atoms with Gasteiger partial charge in [0.2, 0.25) is 0 Å². The van der Waals surface area contributed by atoms with E-state index < -0.39 is 6.10 Å². The quantitative estimate of drug-likeness (QED) is 0.761. The Balaban J connectivity index is 1.72. The predicted octanol–water partition coefficient (Wildman–Crippen LogP) is 2.45. The Labute approximate surface area is 134 Å². The average Bonchev–Trinajstić information content (AvgIpc) is 3.01. The first-order chi connectivity index (χ1) is 10.6. The molecule has 1 N–H and O–H groups in total. The number of rotatable bonds is 9. The van der Waals surface area contributed by atoms with Crippen molar-refractivity contribution in [2.75, 3.05) is 26.4 Å². The van der Waals surface area contributed by atoms with Crippen molar-refractivity contribution in [1.29, 1.82) is 0 Å². The number of aliphatic hydroxyl groups excluding tert-OH is 1. The summed E-state index contributed by atoms with van der Waals surface area (Å²) < 4.78 is 11.1. The zero-order valence-electron chi connectivity index (χ0n) is 13.8. The van der Waals surface area contributed by atoms with E-state index in [0.29, 0.717) is 25.8 Å². The van der Waals surface area contributed by atoms with Gasteiger partial charge in [-0.15, -0.1) is 0 Å². The van der Waals surface area contributed by atoms with E-state index in [1.807, 2.05) is 6.07 Å². The van der Waals surface area contributed by atoms with Gasteiger partial charge in [0.05, 0.1) is 25.4 Å². The van der Waals surface area contributed by atoms with Gasteiger partial charge in [-0.1, -0.05) is 30.3 Å². The minimum atomic E-state index is -0.465. The molecule has 0 spiro atoms. The summed E-state index contributed by atoms with van der Waals surface area (Å²) >= 11 is 0. The Hall–Kier alpha value is -0.940. The molecule has 0 saturated carbocycles. The second-order valence-electron chi connectivity index (χ2n) is 6.34. The van der Waals surface area contributed by atoms with Gasteiger partial charge >= 0.3 is 0 Å². The lowest BCUT2D eigenvalue weighted by molar-refractivity contribution is -0.0283. The maximum absolute atomic E-state index is 10.2. The Bertz CT molecular complexity index is 404. The average molecular weight is 307 g/mol.